The molecule has 0 aliphatic rings. The van der Waals surface area contributed by atoms with Crippen molar-refractivity contribution in [3.05, 3.63) is 84.3 Å². The van der Waals surface area contributed by atoms with Crippen molar-refractivity contribution in [2.24, 2.45) is 0 Å². The first-order chi connectivity index (χ1) is 16.7. The zero-order valence-electron chi connectivity index (χ0n) is 19.0. The van der Waals surface area contributed by atoms with Crippen molar-refractivity contribution in [3.63, 3.8) is 0 Å². The average Bonchev–Trinajstić information content (AvgIpc) is 2.82. The second kappa shape index (κ2) is 9.76. The third-order valence-electron chi connectivity index (χ3n) is 5.54. The number of rotatable bonds is 3. The van der Waals surface area contributed by atoms with Crippen LogP contribution in [-0.4, -0.2) is 27.1 Å². The van der Waals surface area contributed by atoms with E-state index < -0.39 is 18.2 Å². The summed E-state index contributed by atoms with van der Waals surface area (Å²) in [4.78, 5) is 23.0. The summed E-state index contributed by atoms with van der Waals surface area (Å²) in [6.07, 6.45) is -0.710. The fraction of sp³-hybridized carbons (Fsp3) is 0.111. The van der Waals surface area contributed by atoms with Crippen molar-refractivity contribution in [2.45, 2.75) is 20.0 Å². The third kappa shape index (κ3) is 4.98. The van der Waals surface area contributed by atoms with Gasteiger partial charge in [0, 0.05) is 44.3 Å². The first kappa shape index (κ1) is 25.4. The van der Waals surface area contributed by atoms with E-state index in [0.717, 1.165) is 49.5 Å². The molecule has 5 rings (SSSR count). The number of aryl methyl sites for hydroxylation is 2. The van der Waals surface area contributed by atoms with E-state index >= 15 is 0 Å². The van der Waals surface area contributed by atoms with E-state index in [9.17, 15) is 18.0 Å². The van der Waals surface area contributed by atoms with Gasteiger partial charge in [-0.15, -0.1) is 34.9 Å². The number of aromatic nitrogens is 3. The van der Waals surface area contributed by atoms with Crippen LogP contribution in [0.4, 0.5) is 13.2 Å². The van der Waals surface area contributed by atoms with Gasteiger partial charge in [0.1, 0.15) is 0 Å². The smallest absolute Gasteiger partial charge is 0.384 e. The number of pyridine rings is 1. The van der Waals surface area contributed by atoms with Crippen molar-refractivity contribution in [1.82, 2.24) is 15.0 Å². The van der Waals surface area contributed by atoms with E-state index in [2.05, 4.69) is 37.9 Å². The van der Waals surface area contributed by atoms with E-state index in [4.69, 9.17) is 0 Å². The molecule has 0 atom stereocenters. The summed E-state index contributed by atoms with van der Waals surface area (Å²) < 4.78 is 41.2. The Hall–Kier alpha value is -3.68. The van der Waals surface area contributed by atoms with Crippen LogP contribution in [0.15, 0.2) is 67.1 Å². The minimum absolute atomic E-state index is 0. The summed E-state index contributed by atoms with van der Waals surface area (Å²) >= 11 is 0. The number of benzene rings is 3. The van der Waals surface area contributed by atoms with E-state index in [-0.39, 0.29) is 20.1 Å². The number of carbonyl (C=O) groups is 1. The first-order valence-corrected chi connectivity index (χ1v) is 10.6. The zero-order chi connectivity index (χ0) is 24.7. The molecule has 2 aromatic heterocycles. The van der Waals surface area contributed by atoms with Crippen LogP contribution >= 0.6 is 0 Å². The molecule has 0 N–H and O–H groups in total. The normalized spacial score (nSPS) is 11.4. The maximum atomic E-state index is 12.4. The molecule has 0 spiro atoms. The third-order valence-corrected chi connectivity index (χ3v) is 5.54. The number of hydrogen-bond acceptors (Lipinski definition) is 5. The molecule has 5 aromatic rings. The molecule has 0 aliphatic carbocycles. The van der Waals surface area contributed by atoms with Gasteiger partial charge in [-0.3, -0.25) is 0 Å². The van der Waals surface area contributed by atoms with Crippen molar-refractivity contribution in [3.8, 4) is 28.4 Å². The quantitative estimate of drug-likeness (QED) is 0.127. The molecule has 183 valence electrons. The number of carbonyl (C=O) groups excluding carboxylic acids is 1. The summed E-state index contributed by atoms with van der Waals surface area (Å²) in [6, 6.07) is 18.6. The number of halogens is 3. The molecule has 36 heavy (non-hydrogen) atoms. The molecule has 3 aromatic carbocycles. The maximum absolute atomic E-state index is 12.4. The van der Waals surface area contributed by atoms with Gasteiger partial charge in [-0.05, 0) is 44.9 Å². The molecule has 0 unspecified atom stereocenters. The Morgan fingerprint density at radius 3 is 2.28 bits per heavy atom. The molecular weight excluding hydrogens is 648 g/mol. The number of ether oxygens (including phenoxy) is 1. The Kier molecular flexibility index (Phi) is 6.89. The summed E-state index contributed by atoms with van der Waals surface area (Å²) in [6.45, 7) is 4.05. The van der Waals surface area contributed by atoms with E-state index in [0.29, 0.717) is 5.56 Å². The molecule has 0 fully saturated rings. The van der Waals surface area contributed by atoms with Gasteiger partial charge in [-0.1, -0.05) is 38.1 Å². The predicted molar refractivity (Wildman–Crippen MR) is 126 cm³/mol. The number of nitrogens with zero attached hydrogens (tertiary/aromatic N) is 3. The van der Waals surface area contributed by atoms with Crippen LogP contribution in [-0.2, 0) is 24.9 Å². The van der Waals surface area contributed by atoms with Crippen LogP contribution in [0, 0.1) is 19.9 Å². The van der Waals surface area contributed by atoms with Gasteiger partial charge in [-0.2, -0.15) is 13.2 Å². The van der Waals surface area contributed by atoms with Crippen LogP contribution in [0.1, 0.15) is 11.1 Å². The largest absolute Gasteiger partial charge is 0.491 e. The molecule has 0 saturated carbocycles. The Morgan fingerprint density at radius 2 is 1.58 bits per heavy atom. The van der Waals surface area contributed by atoms with E-state index in [1.165, 1.54) is 12.4 Å². The Labute approximate surface area is 217 Å². The fourth-order valence-electron chi connectivity index (χ4n) is 4.07. The molecule has 0 amide bonds. The Balaban J connectivity index is 0.00000304. The van der Waals surface area contributed by atoms with Crippen molar-refractivity contribution in [1.29, 1.82) is 0 Å². The average molecular weight is 665 g/mol. The molecular formula is C27H17F3IrN3O2-. The van der Waals surface area contributed by atoms with Gasteiger partial charge in [-0.25, -0.2) is 14.8 Å². The molecule has 0 aliphatic heterocycles. The van der Waals surface area contributed by atoms with Gasteiger partial charge < -0.3 is 9.72 Å². The van der Waals surface area contributed by atoms with Crippen molar-refractivity contribution < 1.29 is 42.8 Å². The van der Waals surface area contributed by atoms with Crippen LogP contribution in [0.25, 0.3) is 43.9 Å². The minimum Gasteiger partial charge on any atom is -0.384 e. The second-order valence-electron chi connectivity index (χ2n) is 8.15. The molecule has 2 heterocycles. The Bertz CT molecular complexity index is 1580. The monoisotopic (exact) mass is 665 g/mol. The number of hydrogen-bond donors (Lipinski definition) is 0. The molecule has 9 heteroatoms. The zero-order valence-corrected chi connectivity index (χ0v) is 21.4. The van der Waals surface area contributed by atoms with Crippen molar-refractivity contribution >= 4 is 27.5 Å². The van der Waals surface area contributed by atoms with Crippen LogP contribution in [0.5, 0.6) is 6.01 Å². The summed E-state index contributed by atoms with van der Waals surface area (Å²) in [5.74, 6) is -2.37. The van der Waals surface area contributed by atoms with E-state index in [1.54, 1.807) is 6.20 Å². The SMILES string of the molecule is Cc1[c-]c(-c2nccc3c2ccc2cc(-c4cnc(OC(=O)C(F)(F)F)nc4)ccc23)cc(C)c1.[Ir]. The topological polar surface area (TPSA) is 65.0 Å². The van der Waals surface area contributed by atoms with E-state index in [1.807, 2.05) is 50.2 Å². The van der Waals surface area contributed by atoms with Gasteiger partial charge in [0.2, 0.25) is 0 Å². The fourth-order valence-corrected chi connectivity index (χ4v) is 4.07. The van der Waals surface area contributed by atoms with Gasteiger partial charge in [0.25, 0.3) is 0 Å². The van der Waals surface area contributed by atoms with Gasteiger partial charge in [0.05, 0.1) is 0 Å². The van der Waals surface area contributed by atoms with Crippen LogP contribution in [0.3, 0.4) is 0 Å². The standard InChI is InChI=1S/C27H17F3N3O2.Ir/c1-15-9-16(2)11-19(10-15)24-23-6-4-18-12-17(3-5-21(18)22(23)7-8-31-24)20-13-32-26(33-14-20)35-25(34)27(28,29)30;/h3-10,12-14H,1-2H3;/q-1;. The number of esters is 1. The Morgan fingerprint density at radius 1 is 0.861 bits per heavy atom. The summed E-state index contributed by atoms with van der Waals surface area (Å²) in [7, 11) is 0. The first-order valence-electron chi connectivity index (χ1n) is 10.6. The van der Waals surface area contributed by atoms with Crippen LogP contribution in [0.2, 0.25) is 0 Å². The molecule has 0 bridgehead atoms. The summed E-state index contributed by atoms with van der Waals surface area (Å²) in [5.41, 5.74) is 5.32. The number of fused-ring (bicyclic) bond motifs is 3. The minimum atomic E-state index is -5.12. The maximum Gasteiger partial charge on any atom is 0.491 e. The molecule has 0 saturated heterocycles. The summed E-state index contributed by atoms with van der Waals surface area (Å²) in [5, 5.41) is 4.03. The van der Waals surface area contributed by atoms with Gasteiger partial charge in [0.15, 0.2) is 0 Å². The van der Waals surface area contributed by atoms with Gasteiger partial charge >= 0.3 is 18.2 Å². The number of alkyl halides is 3. The van der Waals surface area contributed by atoms with Crippen LogP contribution < -0.4 is 4.74 Å². The predicted octanol–water partition coefficient (Wildman–Crippen LogP) is 6.39. The van der Waals surface area contributed by atoms with Crippen molar-refractivity contribution in [2.75, 3.05) is 0 Å². The molecule has 5 nitrogen and oxygen atoms in total. The second-order valence-corrected chi connectivity index (χ2v) is 8.15. The molecule has 1 radical (unpaired) electrons.